The van der Waals surface area contributed by atoms with Crippen LogP contribution in [0.1, 0.15) is 58.4 Å². The second-order valence-electron chi connectivity index (χ2n) is 10.8. The van der Waals surface area contributed by atoms with Crippen molar-refractivity contribution in [2.24, 2.45) is 17.3 Å². The van der Waals surface area contributed by atoms with Crippen molar-refractivity contribution < 1.29 is 29.0 Å². The van der Waals surface area contributed by atoms with E-state index in [4.69, 9.17) is 14.6 Å². The van der Waals surface area contributed by atoms with Crippen LogP contribution in [0.4, 0.5) is 0 Å². The molecule has 1 aromatic carbocycles. The van der Waals surface area contributed by atoms with Crippen LogP contribution in [0.15, 0.2) is 55.6 Å². The highest BCUT2D eigenvalue weighted by atomic mass is 16.5. The van der Waals surface area contributed by atoms with Crippen molar-refractivity contribution in [3.05, 3.63) is 61.2 Å². The minimum absolute atomic E-state index is 0.00302. The summed E-state index contributed by atoms with van der Waals surface area (Å²) in [5.41, 5.74) is 0.683. The van der Waals surface area contributed by atoms with Crippen molar-refractivity contribution >= 4 is 17.8 Å². The fourth-order valence-corrected chi connectivity index (χ4v) is 4.00. The van der Waals surface area contributed by atoms with Gasteiger partial charge in [0.05, 0.1) is 37.7 Å². The van der Waals surface area contributed by atoms with Crippen LogP contribution in [-0.2, 0) is 30.3 Å². The third kappa shape index (κ3) is 14.7. The molecular formula is C31H48N2O6. The van der Waals surface area contributed by atoms with Crippen LogP contribution < -0.4 is 10.6 Å². The smallest absolute Gasteiger partial charge is 0.309 e. The summed E-state index contributed by atoms with van der Waals surface area (Å²) in [6.45, 7) is 14.1. The van der Waals surface area contributed by atoms with Gasteiger partial charge in [-0.3, -0.25) is 14.4 Å². The number of ether oxygens (including phenoxy) is 2. The first kappa shape index (κ1) is 34.1. The van der Waals surface area contributed by atoms with E-state index in [1.165, 1.54) is 0 Å². The standard InChI is InChI=1S/C31H48N2O6/c1-6-8-10-16-26(21-24-14-11-9-12-15-24)30(37)39-23-27(31(3,4)5)33-29(36)25(13-7-2)22-28(35)32-17-19-38-20-18-34/h6-7,9,11-12,14-15,25-27,34H,1-2,8,10,13,16-23H2,3-5H3,(H,32,35)(H,33,36). The molecule has 0 fully saturated rings. The SMILES string of the molecule is C=CCCCC(Cc1ccccc1)C(=O)OCC(NC(=O)C(CC=C)CC(=O)NCCOCCO)C(C)(C)C. The Bertz CT molecular complexity index is 881. The Morgan fingerprint density at radius 2 is 1.77 bits per heavy atom. The fraction of sp³-hybridized carbons (Fsp3) is 0.581. The van der Waals surface area contributed by atoms with Gasteiger partial charge in [-0.15, -0.1) is 13.2 Å². The van der Waals surface area contributed by atoms with E-state index < -0.39 is 17.4 Å². The highest BCUT2D eigenvalue weighted by molar-refractivity contribution is 5.86. The lowest BCUT2D eigenvalue weighted by Gasteiger charge is -2.32. The van der Waals surface area contributed by atoms with Crippen molar-refractivity contribution in [1.82, 2.24) is 10.6 Å². The molecule has 3 N–H and O–H groups in total. The molecule has 39 heavy (non-hydrogen) atoms. The molecule has 0 spiro atoms. The molecule has 1 aromatic rings. The predicted octanol–water partition coefficient (Wildman–Crippen LogP) is 3.98. The lowest BCUT2D eigenvalue weighted by molar-refractivity contribution is -0.151. The van der Waals surface area contributed by atoms with E-state index in [9.17, 15) is 14.4 Å². The largest absolute Gasteiger partial charge is 0.463 e. The van der Waals surface area contributed by atoms with E-state index >= 15 is 0 Å². The first-order valence-electron chi connectivity index (χ1n) is 13.8. The van der Waals surface area contributed by atoms with Crippen molar-refractivity contribution in [1.29, 1.82) is 0 Å². The van der Waals surface area contributed by atoms with Crippen molar-refractivity contribution in [2.45, 2.75) is 65.3 Å². The van der Waals surface area contributed by atoms with Gasteiger partial charge < -0.3 is 25.2 Å². The van der Waals surface area contributed by atoms with Crippen LogP contribution >= 0.6 is 0 Å². The molecular weight excluding hydrogens is 496 g/mol. The number of amides is 2. The summed E-state index contributed by atoms with van der Waals surface area (Å²) in [7, 11) is 0. The van der Waals surface area contributed by atoms with Gasteiger partial charge in [0, 0.05) is 13.0 Å². The molecule has 0 aromatic heterocycles. The van der Waals surface area contributed by atoms with Gasteiger partial charge in [-0.25, -0.2) is 0 Å². The fourth-order valence-electron chi connectivity index (χ4n) is 4.00. The summed E-state index contributed by atoms with van der Waals surface area (Å²) in [5.74, 6) is -1.73. The Balaban J connectivity index is 2.79. The molecule has 0 saturated carbocycles. The van der Waals surface area contributed by atoms with Crippen molar-refractivity contribution in [3.63, 3.8) is 0 Å². The molecule has 8 nitrogen and oxygen atoms in total. The summed E-state index contributed by atoms with van der Waals surface area (Å²) in [4.78, 5) is 38.7. The van der Waals surface area contributed by atoms with Crippen LogP contribution in [0, 0.1) is 17.3 Å². The van der Waals surface area contributed by atoms with Crippen LogP contribution in [0.5, 0.6) is 0 Å². The number of carbonyl (C=O) groups is 3. The molecule has 0 saturated heterocycles. The lowest BCUT2D eigenvalue weighted by atomic mass is 9.86. The summed E-state index contributed by atoms with van der Waals surface area (Å²) in [6.07, 6.45) is 6.74. The van der Waals surface area contributed by atoms with E-state index in [0.717, 1.165) is 18.4 Å². The van der Waals surface area contributed by atoms with Crippen molar-refractivity contribution in [3.8, 4) is 0 Å². The molecule has 0 aliphatic heterocycles. The molecule has 3 atom stereocenters. The number of hydrogen-bond acceptors (Lipinski definition) is 6. The number of nitrogens with one attached hydrogen (secondary N) is 2. The van der Waals surface area contributed by atoms with Gasteiger partial charge in [0.25, 0.3) is 0 Å². The number of allylic oxidation sites excluding steroid dienone is 2. The van der Waals surface area contributed by atoms with Crippen LogP contribution in [0.25, 0.3) is 0 Å². The molecule has 8 heteroatoms. The van der Waals surface area contributed by atoms with Gasteiger partial charge in [0.15, 0.2) is 0 Å². The second-order valence-corrected chi connectivity index (χ2v) is 10.8. The number of esters is 1. The number of aliphatic hydroxyl groups is 1. The van der Waals surface area contributed by atoms with Gasteiger partial charge in [-0.1, -0.05) is 63.3 Å². The zero-order chi connectivity index (χ0) is 29.1. The topological polar surface area (TPSA) is 114 Å². The first-order valence-corrected chi connectivity index (χ1v) is 13.8. The third-order valence-electron chi connectivity index (χ3n) is 6.43. The van der Waals surface area contributed by atoms with Gasteiger partial charge >= 0.3 is 5.97 Å². The number of carbonyl (C=O) groups excluding carboxylic acids is 3. The van der Waals surface area contributed by atoms with E-state index in [1.54, 1.807) is 6.08 Å². The summed E-state index contributed by atoms with van der Waals surface area (Å²) >= 11 is 0. The Morgan fingerprint density at radius 3 is 2.38 bits per heavy atom. The average molecular weight is 545 g/mol. The molecule has 2 amide bonds. The summed E-state index contributed by atoms with van der Waals surface area (Å²) < 4.78 is 10.9. The predicted molar refractivity (Wildman–Crippen MR) is 154 cm³/mol. The Hall–Kier alpha value is -2.97. The van der Waals surface area contributed by atoms with Gasteiger partial charge in [0.1, 0.15) is 6.61 Å². The molecule has 0 heterocycles. The lowest BCUT2D eigenvalue weighted by Crippen LogP contribution is -2.49. The zero-order valence-electron chi connectivity index (χ0n) is 24.0. The van der Waals surface area contributed by atoms with E-state index in [1.807, 2.05) is 57.2 Å². The number of hydrogen-bond donors (Lipinski definition) is 3. The van der Waals surface area contributed by atoms with Gasteiger partial charge in [-0.2, -0.15) is 0 Å². The molecule has 0 bridgehead atoms. The maximum absolute atomic E-state index is 13.2. The van der Waals surface area contributed by atoms with E-state index in [2.05, 4.69) is 23.8 Å². The van der Waals surface area contributed by atoms with Crippen LogP contribution in [0.2, 0.25) is 0 Å². The van der Waals surface area contributed by atoms with Crippen LogP contribution in [0.3, 0.4) is 0 Å². The highest BCUT2D eigenvalue weighted by Crippen LogP contribution is 2.23. The Morgan fingerprint density at radius 1 is 1.05 bits per heavy atom. The maximum Gasteiger partial charge on any atom is 0.309 e. The highest BCUT2D eigenvalue weighted by Gasteiger charge is 2.31. The molecule has 0 aliphatic rings. The molecule has 3 unspecified atom stereocenters. The number of aliphatic hydroxyl groups excluding tert-OH is 1. The Labute approximate surface area is 234 Å². The quantitative estimate of drug-likeness (QED) is 0.130. The summed E-state index contributed by atoms with van der Waals surface area (Å²) in [5, 5.41) is 14.5. The van der Waals surface area contributed by atoms with Crippen molar-refractivity contribution in [2.75, 3.05) is 33.0 Å². The number of unbranched alkanes of at least 4 members (excludes halogenated alkanes) is 1. The molecule has 1 rings (SSSR count). The maximum atomic E-state index is 13.2. The van der Waals surface area contributed by atoms with E-state index in [-0.39, 0.29) is 56.5 Å². The Kier molecular flexibility index (Phi) is 16.7. The van der Waals surface area contributed by atoms with Crippen LogP contribution in [-0.4, -0.2) is 61.9 Å². The minimum atomic E-state index is -0.605. The minimum Gasteiger partial charge on any atom is -0.463 e. The summed E-state index contributed by atoms with van der Waals surface area (Å²) in [6, 6.07) is 9.42. The first-order chi connectivity index (χ1) is 18.6. The molecule has 218 valence electrons. The average Bonchev–Trinajstić information content (AvgIpc) is 2.89. The molecule has 0 radical (unpaired) electrons. The normalized spacial score (nSPS) is 13.5. The molecule has 0 aliphatic carbocycles. The number of rotatable bonds is 20. The van der Waals surface area contributed by atoms with Gasteiger partial charge in [-0.05, 0) is 43.1 Å². The third-order valence-corrected chi connectivity index (χ3v) is 6.43. The monoisotopic (exact) mass is 544 g/mol. The van der Waals surface area contributed by atoms with E-state index in [0.29, 0.717) is 25.8 Å². The zero-order valence-corrected chi connectivity index (χ0v) is 24.0. The number of benzene rings is 1. The second kappa shape index (κ2) is 19.1. The van der Waals surface area contributed by atoms with Gasteiger partial charge in [0.2, 0.25) is 11.8 Å².